The van der Waals surface area contributed by atoms with Crippen LogP contribution in [0, 0.1) is 0 Å². The standard InChI is InChI=1S/C96H56N2/c1-7-28-73-64(19-1)66-21-3-11-32-77(66)93-89(73)82-55-80(68-23-5-9-30-75(68)91(82)95(93)84-34-16-13-25-70(84)71-26-14-17-35-85(71)95)60-41-43-61(44-42-60)88-48-46-63(56-98-88)62-45-47-87-81(53-62)72-27-15-18-36-86(72)96(87)92-76-31-10-6-24-69(76)79(59-39-37-57(38-40-59)58-49-51-97-52-50-58)54-83(92)90-74-29-8-2-20-65(74)67-22-4-12-33-78(67)94(90)96/h1-56H. The Morgan fingerprint density at radius 2 is 0.531 bits per heavy atom. The van der Waals surface area contributed by atoms with E-state index >= 15 is 0 Å². The van der Waals surface area contributed by atoms with Gasteiger partial charge in [-0.05, 0) is 229 Å². The summed E-state index contributed by atoms with van der Waals surface area (Å²) in [5.41, 5.74) is 31.4. The SMILES string of the molecule is c1ccc2c(c1)-c1ccccc1C21c2c(cc(-c3ccc(-c4ccc(-c5ccc6c(c5)-c5ccccc5C65c6c(cc(-c7ccc(-c8ccncc8)cc7)c7ccccc67)-c6c5c5ccccc5c5ccccc65)cn4)cc3)c3ccccc23)-c2c1c1ccccc1c1ccccc21. The Bertz CT molecular complexity index is 6470. The predicted molar refractivity (Wildman–Crippen MR) is 407 cm³/mol. The van der Waals surface area contributed by atoms with Crippen molar-refractivity contribution < 1.29 is 0 Å². The third kappa shape index (κ3) is 6.95. The number of hydrogen-bond donors (Lipinski definition) is 0. The van der Waals surface area contributed by atoms with Gasteiger partial charge in [-0.2, -0.15) is 0 Å². The van der Waals surface area contributed by atoms with E-state index in [0.29, 0.717) is 0 Å². The fourth-order valence-corrected chi connectivity index (χ4v) is 19.0. The molecule has 0 bridgehead atoms. The molecule has 0 saturated heterocycles. The van der Waals surface area contributed by atoms with Crippen molar-refractivity contribution in [3.05, 3.63) is 385 Å². The van der Waals surface area contributed by atoms with E-state index in [4.69, 9.17) is 4.98 Å². The molecule has 0 saturated carbocycles. The fraction of sp³-hybridized carbons (Fsp3) is 0.0208. The highest BCUT2D eigenvalue weighted by Gasteiger charge is 2.56. The van der Waals surface area contributed by atoms with Crippen LogP contribution in [0.3, 0.4) is 0 Å². The summed E-state index contributed by atoms with van der Waals surface area (Å²) >= 11 is 0. The van der Waals surface area contributed by atoms with Gasteiger partial charge in [0.2, 0.25) is 0 Å². The van der Waals surface area contributed by atoms with Crippen molar-refractivity contribution in [1.29, 1.82) is 0 Å². The average Bonchev–Trinajstić information content (AvgIpc) is 1.49. The predicted octanol–water partition coefficient (Wildman–Crippen LogP) is 24.4. The van der Waals surface area contributed by atoms with E-state index in [9.17, 15) is 0 Å². The molecule has 16 aromatic carbocycles. The molecule has 98 heavy (non-hydrogen) atoms. The highest BCUT2D eigenvalue weighted by atomic mass is 14.7. The average molecular weight is 1240 g/mol. The second-order valence-electron chi connectivity index (χ2n) is 27.2. The molecule has 18 aromatic rings. The molecule has 2 heteroatoms. The van der Waals surface area contributed by atoms with Crippen molar-refractivity contribution in [2.75, 3.05) is 0 Å². The third-order valence-electron chi connectivity index (χ3n) is 22.8. The molecule has 0 radical (unpaired) electrons. The summed E-state index contributed by atoms with van der Waals surface area (Å²) in [4.78, 5) is 9.59. The van der Waals surface area contributed by atoms with Gasteiger partial charge in [-0.25, -0.2) is 0 Å². The van der Waals surface area contributed by atoms with E-state index in [1.807, 2.05) is 12.4 Å². The summed E-state index contributed by atoms with van der Waals surface area (Å²) in [5.74, 6) is 0. The lowest BCUT2D eigenvalue weighted by atomic mass is 9.67. The lowest BCUT2D eigenvalue weighted by Crippen LogP contribution is -2.26. The maximum atomic E-state index is 5.30. The van der Waals surface area contributed by atoms with E-state index in [1.54, 1.807) is 0 Å². The molecule has 22 rings (SSSR count). The van der Waals surface area contributed by atoms with Gasteiger partial charge in [-0.1, -0.05) is 285 Å². The highest BCUT2D eigenvalue weighted by Crippen LogP contribution is 2.70. The van der Waals surface area contributed by atoms with E-state index in [2.05, 4.69) is 333 Å². The number of aromatic nitrogens is 2. The molecule has 2 heterocycles. The summed E-state index contributed by atoms with van der Waals surface area (Å²) in [6.45, 7) is 0. The van der Waals surface area contributed by atoms with Gasteiger partial charge in [0.15, 0.2) is 0 Å². The summed E-state index contributed by atoms with van der Waals surface area (Å²) in [6, 6.07) is 122. The Balaban J connectivity index is 0.677. The Kier molecular flexibility index (Phi) is 10.9. The maximum Gasteiger partial charge on any atom is 0.0737 e. The number of hydrogen-bond acceptors (Lipinski definition) is 2. The molecule has 4 aliphatic rings. The topological polar surface area (TPSA) is 25.8 Å². The van der Waals surface area contributed by atoms with E-state index in [1.165, 1.54) is 181 Å². The number of nitrogens with zero attached hydrogens (tertiary/aromatic N) is 2. The van der Waals surface area contributed by atoms with E-state index < -0.39 is 10.8 Å². The van der Waals surface area contributed by atoms with Gasteiger partial charge in [0.25, 0.3) is 0 Å². The van der Waals surface area contributed by atoms with Gasteiger partial charge < -0.3 is 0 Å². The quantitative estimate of drug-likeness (QED) is 0.161. The number of pyridine rings is 2. The highest BCUT2D eigenvalue weighted by molar-refractivity contribution is 6.25. The van der Waals surface area contributed by atoms with Crippen LogP contribution in [0.4, 0.5) is 0 Å². The van der Waals surface area contributed by atoms with Crippen molar-refractivity contribution in [1.82, 2.24) is 9.97 Å². The lowest BCUT2D eigenvalue weighted by Gasteiger charge is -2.33. The van der Waals surface area contributed by atoms with Crippen LogP contribution in [0.1, 0.15) is 44.5 Å². The fourth-order valence-electron chi connectivity index (χ4n) is 19.0. The molecular weight excluding hydrogens is 1180 g/mol. The zero-order valence-corrected chi connectivity index (χ0v) is 53.2. The van der Waals surface area contributed by atoms with Crippen LogP contribution in [0.25, 0.3) is 165 Å². The molecule has 0 aliphatic heterocycles. The molecule has 2 spiro atoms. The van der Waals surface area contributed by atoms with Crippen molar-refractivity contribution in [2.45, 2.75) is 10.8 Å². The zero-order valence-electron chi connectivity index (χ0n) is 53.2. The zero-order chi connectivity index (χ0) is 64.0. The Morgan fingerprint density at radius 1 is 0.194 bits per heavy atom. The van der Waals surface area contributed by atoms with Gasteiger partial charge in [-0.3, -0.25) is 9.97 Å². The summed E-state index contributed by atoms with van der Waals surface area (Å²) in [5, 5.41) is 15.3. The molecule has 0 amide bonds. The summed E-state index contributed by atoms with van der Waals surface area (Å²) in [7, 11) is 0. The van der Waals surface area contributed by atoms with Crippen LogP contribution in [0.5, 0.6) is 0 Å². The van der Waals surface area contributed by atoms with Gasteiger partial charge in [0.05, 0.1) is 16.5 Å². The van der Waals surface area contributed by atoms with Crippen molar-refractivity contribution >= 4 is 64.6 Å². The third-order valence-corrected chi connectivity index (χ3v) is 22.8. The Morgan fingerprint density at radius 3 is 0.990 bits per heavy atom. The molecule has 4 aliphatic carbocycles. The van der Waals surface area contributed by atoms with Gasteiger partial charge in [0, 0.05) is 29.7 Å². The molecule has 1 unspecified atom stereocenters. The first-order valence-corrected chi connectivity index (χ1v) is 34.2. The van der Waals surface area contributed by atoms with Crippen LogP contribution in [-0.2, 0) is 10.8 Å². The number of benzene rings is 16. The summed E-state index contributed by atoms with van der Waals surface area (Å²) < 4.78 is 0. The summed E-state index contributed by atoms with van der Waals surface area (Å²) in [6.07, 6.45) is 5.81. The van der Waals surface area contributed by atoms with E-state index in [0.717, 1.165) is 27.9 Å². The molecule has 0 N–H and O–H groups in total. The second kappa shape index (κ2) is 20.0. The second-order valence-corrected chi connectivity index (χ2v) is 27.2. The minimum absolute atomic E-state index is 0.537. The lowest BCUT2D eigenvalue weighted by molar-refractivity contribution is 0.809. The first-order valence-electron chi connectivity index (χ1n) is 34.2. The minimum Gasteiger partial charge on any atom is -0.265 e. The first-order chi connectivity index (χ1) is 48.6. The smallest absolute Gasteiger partial charge is 0.0737 e. The van der Waals surface area contributed by atoms with Gasteiger partial charge in [0.1, 0.15) is 0 Å². The van der Waals surface area contributed by atoms with Crippen LogP contribution in [-0.4, -0.2) is 9.97 Å². The normalized spacial score (nSPS) is 14.7. The monoisotopic (exact) mass is 1240 g/mol. The number of fused-ring (bicyclic) bond motifs is 34. The first kappa shape index (κ1) is 53.7. The molecule has 2 aromatic heterocycles. The van der Waals surface area contributed by atoms with Crippen LogP contribution >= 0.6 is 0 Å². The maximum absolute atomic E-state index is 5.30. The molecule has 1 atom stereocenters. The Hall–Kier alpha value is -12.6. The molecule has 2 nitrogen and oxygen atoms in total. The minimum atomic E-state index is -0.632. The Labute approximate surface area is 566 Å². The van der Waals surface area contributed by atoms with Crippen LogP contribution in [0.2, 0.25) is 0 Å². The van der Waals surface area contributed by atoms with Crippen molar-refractivity contribution in [3.63, 3.8) is 0 Å². The molecular formula is C96H56N2. The van der Waals surface area contributed by atoms with Gasteiger partial charge in [-0.15, -0.1) is 0 Å². The molecule has 0 fully saturated rings. The van der Waals surface area contributed by atoms with Gasteiger partial charge >= 0.3 is 0 Å². The van der Waals surface area contributed by atoms with Crippen molar-refractivity contribution in [3.8, 4) is 100 Å². The molecule has 450 valence electrons. The van der Waals surface area contributed by atoms with Crippen LogP contribution in [0.15, 0.2) is 340 Å². The number of rotatable bonds is 5. The largest absolute Gasteiger partial charge is 0.265 e. The van der Waals surface area contributed by atoms with E-state index in [-0.39, 0.29) is 0 Å². The van der Waals surface area contributed by atoms with Crippen molar-refractivity contribution in [2.24, 2.45) is 0 Å². The van der Waals surface area contributed by atoms with Crippen LogP contribution < -0.4 is 0 Å².